The van der Waals surface area contributed by atoms with E-state index in [-0.39, 0.29) is 11.8 Å². The number of nitrogens with zero attached hydrogens (tertiary/aromatic N) is 1. The smallest absolute Gasteiger partial charge is 0.339 e. The summed E-state index contributed by atoms with van der Waals surface area (Å²) < 4.78 is 5.48. The van der Waals surface area contributed by atoms with Crippen LogP contribution in [-0.4, -0.2) is 16.7 Å². The van der Waals surface area contributed by atoms with Gasteiger partial charge in [-0.25, -0.2) is 4.79 Å². The van der Waals surface area contributed by atoms with Crippen molar-refractivity contribution in [1.82, 2.24) is 4.98 Å². The number of rotatable bonds is 0. The summed E-state index contributed by atoms with van der Waals surface area (Å²) in [5.74, 6) is -0.0363. The van der Waals surface area contributed by atoms with Gasteiger partial charge in [-0.3, -0.25) is 9.78 Å². The summed E-state index contributed by atoms with van der Waals surface area (Å²) in [7, 11) is 0. The van der Waals surface area contributed by atoms with Crippen LogP contribution in [0, 0.1) is 0 Å². The van der Waals surface area contributed by atoms with Crippen LogP contribution in [0.5, 0.6) is 0 Å². The zero-order chi connectivity index (χ0) is 11.2. The molecule has 3 rings (SSSR count). The van der Waals surface area contributed by atoms with Crippen LogP contribution in [0.2, 0.25) is 0 Å². The molecular formula is C12H11NO3. The molecule has 1 saturated carbocycles. The van der Waals surface area contributed by atoms with Crippen molar-refractivity contribution in [3.05, 3.63) is 29.6 Å². The van der Waals surface area contributed by atoms with Crippen LogP contribution in [0.1, 0.15) is 41.6 Å². The second kappa shape index (κ2) is 3.14. The van der Waals surface area contributed by atoms with E-state index in [4.69, 9.17) is 4.74 Å². The average Bonchev–Trinajstić information content (AvgIpc) is 2.58. The number of hydrogen-bond acceptors (Lipinski definition) is 4. The number of fused-ring (bicyclic) bond motifs is 2. The summed E-state index contributed by atoms with van der Waals surface area (Å²) in [6, 6.07) is 1.68. The molecule has 1 aliphatic heterocycles. The Hall–Kier alpha value is -1.71. The topological polar surface area (TPSA) is 56.3 Å². The third kappa shape index (κ3) is 1.19. The van der Waals surface area contributed by atoms with E-state index in [1.54, 1.807) is 18.5 Å². The van der Waals surface area contributed by atoms with E-state index in [2.05, 4.69) is 4.98 Å². The monoisotopic (exact) mass is 217 g/mol. The molecule has 1 aromatic rings. The Morgan fingerprint density at radius 1 is 1.25 bits per heavy atom. The van der Waals surface area contributed by atoms with Gasteiger partial charge in [0.15, 0.2) is 0 Å². The SMILES string of the molecule is O=C1CCC2(CC1)OC(=O)c1ccncc12. The summed E-state index contributed by atoms with van der Waals surface area (Å²) in [5.41, 5.74) is 0.881. The van der Waals surface area contributed by atoms with Gasteiger partial charge in [-0.05, 0) is 18.9 Å². The molecular weight excluding hydrogens is 206 g/mol. The molecule has 0 unspecified atom stereocenters. The Bertz CT molecular complexity index is 471. The highest BCUT2D eigenvalue weighted by Gasteiger charge is 2.47. The fraction of sp³-hybridized carbons (Fsp3) is 0.417. The van der Waals surface area contributed by atoms with Crippen LogP contribution in [0.4, 0.5) is 0 Å². The third-order valence-electron chi connectivity index (χ3n) is 3.44. The fourth-order valence-electron chi connectivity index (χ4n) is 2.53. The molecule has 0 N–H and O–H groups in total. The second-order valence-electron chi connectivity index (χ2n) is 4.34. The van der Waals surface area contributed by atoms with Crippen molar-refractivity contribution >= 4 is 11.8 Å². The molecule has 4 nitrogen and oxygen atoms in total. The highest BCUT2D eigenvalue weighted by atomic mass is 16.6. The number of esters is 1. The van der Waals surface area contributed by atoms with Gasteiger partial charge in [0.25, 0.3) is 0 Å². The van der Waals surface area contributed by atoms with E-state index >= 15 is 0 Å². The molecule has 0 amide bonds. The van der Waals surface area contributed by atoms with Crippen molar-refractivity contribution in [2.75, 3.05) is 0 Å². The van der Waals surface area contributed by atoms with Crippen molar-refractivity contribution in [3.8, 4) is 0 Å². The number of aromatic nitrogens is 1. The van der Waals surface area contributed by atoms with Crippen LogP contribution in [0.15, 0.2) is 18.5 Å². The van der Waals surface area contributed by atoms with E-state index in [1.165, 1.54) is 0 Å². The zero-order valence-corrected chi connectivity index (χ0v) is 8.73. The maximum atomic E-state index is 11.7. The minimum atomic E-state index is -0.575. The molecule has 0 atom stereocenters. The first-order valence-electron chi connectivity index (χ1n) is 5.41. The lowest BCUT2D eigenvalue weighted by Crippen LogP contribution is -2.32. The largest absolute Gasteiger partial charge is 0.450 e. The second-order valence-corrected chi connectivity index (χ2v) is 4.34. The number of pyridine rings is 1. The molecule has 1 aromatic heterocycles. The van der Waals surface area contributed by atoms with Crippen molar-refractivity contribution in [1.29, 1.82) is 0 Å². The number of ether oxygens (including phenoxy) is 1. The van der Waals surface area contributed by atoms with Crippen molar-refractivity contribution in [2.45, 2.75) is 31.3 Å². The Kier molecular flexibility index (Phi) is 1.87. The molecule has 1 fully saturated rings. The quantitative estimate of drug-likeness (QED) is 0.619. The first-order valence-corrected chi connectivity index (χ1v) is 5.41. The van der Waals surface area contributed by atoms with Crippen LogP contribution in [0.3, 0.4) is 0 Å². The van der Waals surface area contributed by atoms with Gasteiger partial charge < -0.3 is 4.74 Å². The standard InChI is InChI=1S/C12H11NO3/c14-8-1-4-12(5-2-8)10-7-13-6-3-9(10)11(15)16-12/h3,6-7H,1-2,4-5H2. The van der Waals surface area contributed by atoms with Gasteiger partial charge >= 0.3 is 5.97 Å². The van der Waals surface area contributed by atoms with E-state index in [1.807, 2.05) is 0 Å². The Morgan fingerprint density at radius 2 is 2.00 bits per heavy atom. The minimum absolute atomic E-state index is 0.249. The number of carbonyl (C=O) groups is 2. The van der Waals surface area contributed by atoms with Crippen LogP contribution in [-0.2, 0) is 15.1 Å². The van der Waals surface area contributed by atoms with E-state index in [9.17, 15) is 9.59 Å². The molecule has 2 heterocycles. The molecule has 0 aromatic carbocycles. The predicted octanol–water partition coefficient (Wildman–Crippen LogP) is 1.59. The number of hydrogen-bond donors (Lipinski definition) is 0. The average molecular weight is 217 g/mol. The van der Waals surface area contributed by atoms with Gasteiger partial charge in [0.1, 0.15) is 11.4 Å². The van der Waals surface area contributed by atoms with Crippen molar-refractivity contribution in [2.24, 2.45) is 0 Å². The molecule has 4 heteroatoms. The maximum Gasteiger partial charge on any atom is 0.339 e. The summed E-state index contributed by atoms with van der Waals surface area (Å²) in [5, 5.41) is 0. The molecule has 2 aliphatic rings. The van der Waals surface area contributed by atoms with E-state index in [0.717, 1.165) is 5.56 Å². The molecule has 1 spiro atoms. The molecule has 1 aliphatic carbocycles. The Morgan fingerprint density at radius 3 is 2.75 bits per heavy atom. The molecule has 82 valence electrons. The summed E-state index contributed by atoms with van der Waals surface area (Å²) in [4.78, 5) is 27.0. The maximum absolute atomic E-state index is 11.7. The molecule has 0 bridgehead atoms. The fourth-order valence-corrected chi connectivity index (χ4v) is 2.53. The molecule has 16 heavy (non-hydrogen) atoms. The van der Waals surface area contributed by atoms with Gasteiger partial charge in [0.2, 0.25) is 0 Å². The summed E-state index contributed by atoms with van der Waals surface area (Å²) >= 11 is 0. The third-order valence-corrected chi connectivity index (χ3v) is 3.44. The number of carbonyl (C=O) groups excluding carboxylic acids is 2. The van der Waals surface area contributed by atoms with Crippen LogP contribution >= 0.6 is 0 Å². The Balaban J connectivity index is 2.05. The highest BCUT2D eigenvalue weighted by molar-refractivity contribution is 5.95. The first-order chi connectivity index (χ1) is 7.71. The normalized spacial score (nSPS) is 22.0. The lowest BCUT2D eigenvalue weighted by atomic mass is 9.79. The van der Waals surface area contributed by atoms with Crippen LogP contribution < -0.4 is 0 Å². The summed E-state index contributed by atoms with van der Waals surface area (Å²) in [6.07, 6.45) is 5.44. The number of ketones is 1. The first kappa shape index (κ1) is 9.51. The van der Waals surface area contributed by atoms with Crippen LogP contribution in [0.25, 0.3) is 0 Å². The van der Waals surface area contributed by atoms with Gasteiger partial charge in [-0.1, -0.05) is 0 Å². The van der Waals surface area contributed by atoms with E-state index < -0.39 is 5.60 Å². The molecule has 0 radical (unpaired) electrons. The highest BCUT2D eigenvalue weighted by Crippen LogP contribution is 2.45. The number of Topliss-reactive ketones (excluding diaryl/α,β-unsaturated/α-hetero) is 1. The van der Waals surface area contributed by atoms with Gasteiger partial charge in [-0.15, -0.1) is 0 Å². The van der Waals surface area contributed by atoms with Gasteiger partial charge in [0.05, 0.1) is 5.56 Å². The van der Waals surface area contributed by atoms with Gasteiger partial charge in [-0.2, -0.15) is 0 Å². The van der Waals surface area contributed by atoms with E-state index in [0.29, 0.717) is 31.2 Å². The predicted molar refractivity (Wildman–Crippen MR) is 54.8 cm³/mol. The van der Waals surface area contributed by atoms with Gasteiger partial charge in [0, 0.05) is 30.8 Å². The lowest BCUT2D eigenvalue weighted by molar-refractivity contribution is -0.125. The lowest BCUT2D eigenvalue weighted by Gasteiger charge is -2.31. The minimum Gasteiger partial charge on any atom is -0.450 e. The summed E-state index contributed by atoms with van der Waals surface area (Å²) in [6.45, 7) is 0. The Labute approximate surface area is 92.6 Å². The zero-order valence-electron chi connectivity index (χ0n) is 8.73. The molecule has 0 saturated heterocycles. The van der Waals surface area contributed by atoms with Crippen molar-refractivity contribution in [3.63, 3.8) is 0 Å². The van der Waals surface area contributed by atoms with Crippen molar-refractivity contribution < 1.29 is 14.3 Å².